The molecule has 0 saturated carbocycles. The number of nitrogens with zero attached hydrogens (tertiary/aromatic N) is 1. The van der Waals surface area contributed by atoms with Gasteiger partial charge in [0.2, 0.25) is 0 Å². The molecule has 0 radical (unpaired) electrons. The molecule has 4 rings (SSSR count). The molecule has 0 spiro atoms. The van der Waals surface area contributed by atoms with Crippen molar-refractivity contribution in [2.75, 3.05) is 6.54 Å². The summed E-state index contributed by atoms with van der Waals surface area (Å²) in [6, 6.07) is 9.54. The van der Waals surface area contributed by atoms with Crippen LogP contribution in [0.4, 0.5) is 13.2 Å². The number of halogens is 3. The Kier molecular flexibility index (Phi) is 4.13. The molecule has 0 unspecified atom stereocenters. The molecule has 1 aliphatic rings. The largest absolute Gasteiger partial charge is 0.416 e. The van der Waals surface area contributed by atoms with Gasteiger partial charge in [0.1, 0.15) is 0 Å². The number of alkyl halides is 3. The quantitative estimate of drug-likeness (QED) is 0.689. The molecule has 0 fully saturated rings. The Bertz CT molecular complexity index is 1180. The number of hydrogen-bond acceptors (Lipinski definition) is 3. The number of hydrogen-bond donors (Lipinski definition) is 1. The lowest BCUT2D eigenvalue weighted by Gasteiger charge is -2.33. The molecular weight excluding hydrogens is 389 g/mol. The number of fused-ring (bicyclic) bond motifs is 2. The molecule has 8 heteroatoms. The van der Waals surface area contributed by atoms with Crippen LogP contribution in [0.5, 0.6) is 0 Å². The van der Waals surface area contributed by atoms with E-state index in [2.05, 4.69) is 19.2 Å². The smallest absolute Gasteiger partial charge is 0.312 e. The van der Waals surface area contributed by atoms with Crippen molar-refractivity contribution in [1.29, 1.82) is 0 Å². The average molecular weight is 408 g/mol. The van der Waals surface area contributed by atoms with Crippen LogP contribution in [0.3, 0.4) is 0 Å². The van der Waals surface area contributed by atoms with Gasteiger partial charge in [-0.15, -0.1) is 0 Å². The number of aromatic nitrogens is 1. The lowest BCUT2D eigenvalue weighted by atomic mass is 9.79. The van der Waals surface area contributed by atoms with E-state index in [0.717, 1.165) is 33.8 Å². The van der Waals surface area contributed by atoms with Crippen LogP contribution < -0.4 is 5.32 Å². The average Bonchev–Trinajstić information content (AvgIpc) is 3.04. The maximum atomic E-state index is 13.2. The molecule has 0 amide bonds. The normalized spacial score (nSPS) is 16.9. The van der Waals surface area contributed by atoms with Crippen molar-refractivity contribution in [3.8, 4) is 0 Å². The van der Waals surface area contributed by atoms with Crippen LogP contribution in [-0.2, 0) is 28.2 Å². The summed E-state index contributed by atoms with van der Waals surface area (Å²) in [5.74, 6) is 0. The standard InChI is InChI=1S/C20H19F3N2O2S/c1-19(2)12-24-11-14-9-16(5-6-17(14)19)28(26,27)25-8-7-13-3-4-15(10-18(13)25)20(21,22)23/h3-10,24H,11-12H2,1-2H3. The maximum absolute atomic E-state index is 13.2. The van der Waals surface area contributed by atoms with Crippen molar-refractivity contribution in [3.63, 3.8) is 0 Å². The van der Waals surface area contributed by atoms with Gasteiger partial charge < -0.3 is 5.32 Å². The van der Waals surface area contributed by atoms with Gasteiger partial charge in [-0.25, -0.2) is 12.4 Å². The number of rotatable bonds is 2. The molecule has 0 bridgehead atoms. The van der Waals surface area contributed by atoms with Gasteiger partial charge in [0, 0.05) is 30.1 Å². The van der Waals surface area contributed by atoms with Crippen LogP contribution >= 0.6 is 0 Å². The third kappa shape index (κ3) is 3.00. The monoisotopic (exact) mass is 408 g/mol. The minimum absolute atomic E-state index is 0.00556. The van der Waals surface area contributed by atoms with Gasteiger partial charge in [-0.3, -0.25) is 0 Å². The molecule has 2 aromatic carbocycles. The summed E-state index contributed by atoms with van der Waals surface area (Å²) in [6.07, 6.45) is -3.25. The fourth-order valence-corrected chi connectivity index (χ4v) is 5.14. The second kappa shape index (κ2) is 6.09. The van der Waals surface area contributed by atoms with E-state index < -0.39 is 21.8 Å². The Morgan fingerprint density at radius 3 is 2.54 bits per heavy atom. The molecule has 2 heterocycles. The van der Waals surface area contributed by atoms with Gasteiger partial charge in [-0.05, 0) is 41.5 Å². The number of nitrogens with one attached hydrogen (secondary N) is 1. The Morgan fingerprint density at radius 2 is 1.82 bits per heavy atom. The summed E-state index contributed by atoms with van der Waals surface area (Å²) >= 11 is 0. The first kappa shape index (κ1) is 19.0. The first-order chi connectivity index (χ1) is 13.0. The zero-order chi connectivity index (χ0) is 20.3. The van der Waals surface area contributed by atoms with E-state index in [0.29, 0.717) is 11.9 Å². The van der Waals surface area contributed by atoms with Crippen molar-refractivity contribution in [3.05, 3.63) is 65.4 Å². The second-order valence-electron chi connectivity index (χ2n) is 7.69. The molecule has 148 valence electrons. The van der Waals surface area contributed by atoms with Crippen LogP contribution in [0.15, 0.2) is 53.6 Å². The molecule has 0 aliphatic carbocycles. The summed E-state index contributed by atoms with van der Waals surface area (Å²) in [6.45, 7) is 5.48. The molecule has 4 nitrogen and oxygen atoms in total. The highest BCUT2D eigenvalue weighted by Gasteiger charge is 2.32. The van der Waals surface area contributed by atoms with Gasteiger partial charge in [0.05, 0.1) is 16.0 Å². The zero-order valence-electron chi connectivity index (χ0n) is 15.3. The van der Waals surface area contributed by atoms with E-state index >= 15 is 0 Å². The van der Waals surface area contributed by atoms with Crippen molar-refractivity contribution >= 4 is 20.9 Å². The van der Waals surface area contributed by atoms with Gasteiger partial charge in [-0.1, -0.05) is 26.0 Å². The third-order valence-electron chi connectivity index (χ3n) is 5.23. The van der Waals surface area contributed by atoms with Gasteiger partial charge in [0.15, 0.2) is 0 Å². The SMILES string of the molecule is CC1(C)CNCc2cc(S(=O)(=O)n3ccc4ccc(C(F)(F)F)cc43)ccc21. The van der Waals surface area contributed by atoms with Gasteiger partial charge >= 0.3 is 6.18 Å². The van der Waals surface area contributed by atoms with Crippen LogP contribution in [0.25, 0.3) is 10.9 Å². The Balaban J connectivity index is 1.85. The highest BCUT2D eigenvalue weighted by Crippen LogP contribution is 2.34. The highest BCUT2D eigenvalue weighted by atomic mass is 32.2. The van der Waals surface area contributed by atoms with Crippen LogP contribution in [0.1, 0.15) is 30.5 Å². The first-order valence-corrected chi connectivity index (χ1v) is 10.2. The number of benzene rings is 2. The highest BCUT2D eigenvalue weighted by molar-refractivity contribution is 7.90. The summed E-state index contributed by atoms with van der Waals surface area (Å²) < 4.78 is 66.5. The van der Waals surface area contributed by atoms with Crippen molar-refractivity contribution < 1.29 is 21.6 Å². The van der Waals surface area contributed by atoms with Gasteiger partial charge in [-0.2, -0.15) is 13.2 Å². The first-order valence-electron chi connectivity index (χ1n) is 8.78. The van der Waals surface area contributed by atoms with E-state index in [1.54, 1.807) is 12.1 Å². The molecule has 28 heavy (non-hydrogen) atoms. The lowest BCUT2D eigenvalue weighted by Crippen LogP contribution is -2.38. The molecule has 0 atom stereocenters. The van der Waals surface area contributed by atoms with E-state index in [9.17, 15) is 21.6 Å². The van der Waals surface area contributed by atoms with E-state index in [1.165, 1.54) is 24.4 Å². The summed E-state index contributed by atoms with van der Waals surface area (Å²) in [4.78, 5) is 0.0562. The molecule has 0 saturated heterocycles. The Morgan fingerprint density at radius 1 is 1.07 bits per heavy atom. The molecule has 1 N–H and O–H groups in total. The van der Waals surface area contributed by atoms with Crippen LogP contribution in [0.2, 0.25) is 0 Å². The minimum Gasteiger partial charge on any atom is -0.312 e. The van der Waals surface area contributed by atoms with Gasteiger partial charge in [0.25, 0.3) is 10.0 Å². The minimum atomic E-state index is -4.55. The topological polar surface area (TPSA) is 51.1 Å². The lowest BCUT2D eigenvalue weighted by molar-refractivity contribution is -0.137. The van der Waals surface area contributed by atoms with E-state index in [-0.39, 0.29) is 15.8 Å². The van der Waals surface area contributed by atoms with Crippen molar-refractivity contribution in [1.82, 2.24) is 9.29 Å². The predicted molar refractivity (Wildman–Crippen MR) is 101 cm³/mol. The zero-order valence-corrected chi connectivity index (χ0v) is 16.2. The van der Waals surface area contributed by atoms with Crippen molar-refractivity contribution in [2.24, 2.45) is 0 Å². The molecule has 1 aliphatic heterocycles. The molecular formula is C20H19F3N2O2S. The van der Waals surface area contributed by atoms with E-state index in [4.69, 9.17) is 0 Å². The summed E-state index contributed by atoms with van der Waals surface area (Å²) in [5, 5.41) is 3.70. The van der Waals surface area contributed by atoms with Crippen LogP contribution in [-0.4, -0.2) is 18.9 Å². The third-order valence-corrected chi connectivity index (χ3v) is 6.92. The summed E-state index contributed by atoms with van der Waals surface area (Å²) in [5.41, 5.74) is 0.946. The van der Waals surface area contributed by atoms with E-state index in [1.807, 2.05) is 0 Å². The van der Waals surface area contributed by atoms with Crippen LogP contribution in [0, 0.1) is 0 Å². The van der Waals surface area contributed by atoms with Crippen molar-refractivity contribution in [2.45, 2.75) is 36.9 Å². The maximum Gasteiger partial charge on any atom is 0.416 e. The fourth-order valence-electron chi connectivity index (χ4n) is 3.75. The Hall–Kier alpha value is -2.32. The fraction of sp³-hybridized carbons (Fsp3) is 0.300. The molecule has 1 aromatic heterocycles. The summed E-state index contributed by atoms with van der Waals surface area (Å²) in [7, 11) is -4.03. The Labute approximate surface area is 161 Å². The molecule has 3 aromatic rings. The predicted octanol–water partition coefficient (Wildman–Crippen LogP) is 4.28. The second-order valence-corrected chi connectivity index (χ2v) is 9.51.